The lowest BCUT2D eigenvalue weighted by Gasteiger charge is -2.29. The van der Waals surface area contributed by atoms with Crippen LogP contribution in [0.15, 0.2) is 18.2 Å². The molecule has 1 saturated heterocycles. The highest BCUT2D eigenvalue weighted by atomic mass is 16.7. The van der Waals surface area contributed by atoms with Gasteiger partial charge in [0.1, 0.15) is 0 Å². The molecule has 4 rings (SSSR count). The summed E-state index contributed by atoms with van der Waals surface area (Å²) in [6.45, 7) is 1.49. The summed E-state index contributed by atoms with van der Waals surface area (Å²) in [5, 5.41) is 6.01. The van der Waals surface area contributed by atoms with Crippen molar-refractivity contribution in [2.24, 2.45) is 0 Å². The molecule has 0 spiro atoms. The summed E-state index contributed by atoms with van der Waals surface area (Å²) in [6.07, 6.45) is 6.68. The van der Waals surface area contributed by atoms with Crippen LogP contribution >= 0.6 is 0 Å². The summed E-state index contributed by atoms with van der Waals surface area (Å²) in [7, 11) is 1.79. The smallest absolute Gasteiger partial charge is 0.315 e. The molecule has 0 radical (unpaired) electrons. The predicted octanol–water partition coefficient (Wildman–Crippen LogP) is 2.43. The van der Waals surface area contributed by atoms with E-state index < -0.39 is 5.79 Å². The molecule has 7 nitrogen and oxygen atoms in total. The Labute approximate surface area is 165 Å². The molecular weight excluding hydrogens is 358 g/mol. The zero-order valence-electron chi connectivity index (χ0n) is 16.5. The van der Waals surface area contributed by atoms with Crippen LogP contribution in [-0.4, -0.2) is 44.8 Å². The number of benzene rings is 1. The van der Waals surface area contributed by atoms with E-state index >= 15 is 0 Å². The van der Waals surface area contributed by atoms with Crippen molar-refractivity contribution in [1.82, 2.24) is 10.6 Å². The van der Waals surface area contributed by atoms with Crippen LogP contribution in [0.5, 0.6) is 0 Å². The summed E-state index contributed by atoms with van der Waals surface area (Å²) in [5.41, 5.74) is 2.83. The third-order valence-electron chi connectivity index (χ3n) is 6.03. The Morgan fingerprint density at radius 1 is 1.21 bits per heavy atom. The molecule has 0 unspecified atom stereocenters. The van der Waals surface area contributed by atoms with E-state index in [1.54, 1.807) is 11.9 Å². The van der Waals surface area contributed by atoms with E-state index in [0.29, 0.717) is 32.6 Å². The molecule has 3 aliphatic rings. The highest BCUT2D eigenvalue weighted by Gasteiger charge is 2.39. The molecule has 7 heteroatoms. The minimum absolute atomic E-state index is 0.0931. The van der Waals surface area contributed by atoms with Gasteiger partial charge in [0.2, 0.25) is 5.91 Å². The number of carbonyl (C=O) groups excluding carboxylic acids is 2. The first kappa shape index (κ1) is 19.2. The average molecular weight is 387 g/mol. The first-order chi connectivity index (χ1) is 13.6. The third-order valence-corrected chi connectivity index (χ3v) is 6.03. The largest absolute Gasteiger partial charge is 0.343 e. The van der Waals surface area contributed by atoms with Crippen LogP contribution < -0.4 is 15.5 Å². The second-order valence-electron chi connectivity index (χ2n) is 7.91. The molecule has 1 aromatic rings. The number of hydrogen-bond donors (Lipinski definition) is 2. The number of carbonyl (C=O) groups is 2. The fraction of sp³-hybridized carbons (Fsp3) is 0.619. The highest BCUT2D eigenvalue weighted by molar-refractivity contribution is 6.00. The van der Waals surface area contributed by atoms with Crippen molar-refractivity contribution in [1.29, 1.82) is 0 Å². The lowest BCUT2D eigenvalue weighted by molar-refractivity contribution is -0.169. The molecule has 2 fully saturated rings. The monoisotopic (exact) mass is 387 g/mol. The average Bonchev–Trinajstić information content (AvgIpc) is 3.28. The third kappa shape index (κ3) is 3.86. The van der Waals surface area contributed by atoms with Gasteiger partial charge in [-0.05, 0) is 30.5 Å². The van der Waals surface area contributed by atoms with Crippen LogP contribution in [0.2, 0.25) is 0 Å². The van der Waals surface area contributed by atoms with Gasteiger partial charge in [-0.3, -0.25) is 4.79 Å². The number of nitrogens with one attached hydrogen (secondary N) is 2. The Morgan fingerprint density at radius 3 is 2.71 bits per heavy atom. The van der Waals surface area contributed by atoms with E-state index in [4.69, 9.17) is 9.47 Å². The predicted molar refractivity (Wildman–Crippen MR) is 105 cm³/mol. The first-order valence-corrected chi connectivity index (χ1v) is 10.3. The molecule has 152 valence electrons. The number of urea groups is 1. The van der Waals surface area contributed by atoms with E-state index in [9.17, 15) is 9.59 Å². The van der Waals surface area contributed by atoms with Crippen molar-refractivity contribution in [2.75, 3.05) is 31.7 Å². The molecule has 28 heavy (non-hydrogen) atoms. The molecule has 0 atom stereocenters. The number of rotatable bonds is 5. The van der Waals surface area contributed by atoms with Gasteiger partial charge >= 0.3 is 6.03 Å². The number of nitrogens with zero attached hydrogens (tertiary/aromatic N) is 1. The van der Waals surface area contributed by atoms with Gasteiger partial charge in [0.15, 0.2) is 5.79 Å². The lowest BCUT2D eigenvalue weighted by atomic mass is 9.96. The molecular formula is C21H29N3O4. The Bertz CT molecular complexity index is 739. The van der Waals surface area contributed by atoms with Crippen molar-refractivity contribution in [3.05, 3.63) is 29.3 Å². The maximum Gasteiger partial charge on any atom is 0.315 e. The highest BCUT2D eigenvalue weighted by Crippen LogP contribution is 2.38. The number of anilines is 1. The number of hydrogen-bond acceptors (Lipinski definition) is 4. The van der Waals surface area contributed by atoms with Crippen LogP contribution in [0, 0.1) is 0 Å². The minimum Gasteiger partial charge on any atom is -0.343 e. The maximum absolute atomic E-state index is 12.2. The molecule has 2 aliphatic heterocycles. The first-order valence-electron chi connectivity index (χ1n) is 10.3. The van der Waals surface area contributed by atoms with Gasteiger partial charge in [-0.15, -0.1) is 0 Å². The molecule has 2 heterocycles. The summed E-state index contributed by atoms with van der Waals surface area (Å²) in [4.78, 5) is 25.8. The van der Waals surface area contributed by atoms with Gasteiger partial charge in [0, 0.05) is 37.3 Å². The number of likely N-dealkylation sites (N-methyl/N-ethyl adjacent to an activating group) is 1. The topological polar surface area (TPSA) is 79.9 Å². The normalized spacial score (nSPS) is 21.6. The van der Waals surface area contributed by atoms with E-state index in [2.05, 4.69) is 10.6 Å². The molecule has 2 N–H and O–H groups in total. The van der Waals surface area contributed by atoms with Crippen molar-refractivity contribution < 1.29 is 19.1 Å². The summed E-state index contributed by atoms with van der Waals surface area (Å²) >= 11 is 0. The molecule has 1 aliphatic carbocycles. The van der Waals surface area contributed by atoms with Crippen molar-refractivity contribution >= 4 is 17.6 Å². The summed E-state index contributed by atoms with van der Waals surface area (Å²) in [6, 6.07) is 6.08. The van der Waals surface area contributed by atoms with Crippen molar-refractivity contribution in [2.45, 2.75) is 56.8 Å². The van der Waals surface area contributed by atoms with Crippen molar-refractivity contribution in [3.63, 3.8) is 0 Å². The second kappa shape index (κ2) is 8.09. The molecule has 0 bridgehead atoms. The molecule has 3 amide bonds. The van der Waals surface area contributed by atoms with Crippen LogP contribution in [-0.2, 0) is 26.5 Å². The number of ether oxygens (including phenoxy) is 2. The van der Waals surface area contributed by atoms with E-state index in [1.165, 1.54) is 19.3 Å². The summed E-state index contributed by atoms with van der Waals surface area (Å²) < 4.78 is 12.0. The Kier molecular flexibility index (Phi) is 5.55. The lowest BCUT2D eigenvalue weighted by Crippen LogP contribution is -2.44. The van der Waals surface area contributed by atoms with Gasteiger partial charge in [-0.2, -0.15) is 0 Å². The number of fused-ring (bicyclic) bond motifs is 1. The van der Waals surface area contributed by atoms with Gasteiger partial charge in [-0.1, -0.05) is 25.3 Å². The quantitative estimate of drug-likeness (QED) is 0.813. The SMILES string of the molecule is CN1C(=O)Cc2cc(C3(CCNC(=O)NC4CCCCC4)OCCO3)ccc21. The number of amides is 3. The minimum atomic E-state index is -0.864. The van der Waals surface area contributed by atoms with Gasteiger partial charge in [-0.25, -0.2) is 4.79 Å². The van der Waals surface area contributed by atoms with E-state index in [-0.39, 0.29) is 18.0 Å². The zero-order chi connectivity index (χ0) is 19.6. The van der Waals surface area contributed by atoms with Crippen LogP contribution in [0.25, 0.3) is 0 Å². The van der Waals surface area contributed by atoms with Crippen LogP contribution in [0.3, 0.4) is 0 Å². The summed E-state index contributed by atoms with van der Waals surface area (Å²) in [5.74, 6) is -0.771. The molecule has 1 saturated carbocycles. The van der Waals surface area contributed by atoms with Crippen LogP contribution in [0.1, 0.15) is 49.7 Å². The van der Waals surface area contributed by atoms with Crippen molar-refractivity contribution in [3.8, 4) is 0 Å². The molecule has 1 aromatic carbocycles. The Balaban J connectivity index is 1.38. The fourth-order valence-corrected chi connectivity index (χ4v) is 4.44. The second-order valence-corrected chi connectivity index (χ2v) is 7.91. The molecule has 0 aromatic heterocycles. The van der Waals surface area contributed by atoms with Gasteiger partial charge < -0.3 is 25.0 Å². The van der Waals surface area contributed by atoms with E-state index in [1.807, 2.05) is 18.2 Å². The zero-order valence-corrected chi connectivity index (χ0v) is 16.5. The fourth-order valence-electron chi connectivity index (χ4n) is 4.44. The Hall–Kier alpha value is -2.12. The van der Waals surface area contributed by atoms with E-state index in [0.717, 1.165) is 29.7 Å². The van der Waals surface area contributed by atoms with Gasteiger partial charge in [0.05, 0.1) is 19.6 Å². The Morgan fingerprint density at radius 2 is 1.96 bits per heavy atom. The standard InChI is InChI=1S/C21H29N3O4/c1-24-18-8-7-16(13-15(18)14-19(24)25)21(27-11-12-28-21)9-10-22-20(26)23-17-5-3-2-4-6-17/h7-8,13,17H,2-6,9-12,14H2,1H3,(H2,22,23,26). The maximum atomic E-state index is 12.2. The van der Waals surface area contributed by atoms with Crippen LogP contribution in [0.4, 0.5) is 10.5 Å². The van der Waals surface area contributed by atoms with Gasteiger partial charge in [0.25, 0.3) is 0 Å².